The fourth-order valence-corrected chi connectivity index (χ4v) is 4.22. The van der Waals surface area contributed by atoms with Crippen molar-refractivity contribution in [3.63, 3.8) is 0 Å². The van der Waals surface area contributed by atoms with E-state index in [9.17, 15) is 9.00 Å². The van der Waals surface area contributed by atoms with Gasteiger partial charge in [0.1, 0.15) is 0 Å². The zero-order valence-corrected chi connectivity index (χ0v) is 13.3. The summed E-state index contributed by atoms with van der Waals surface area (Å²) in [5, 5.41) is 0. The molecule has 1 aromatic carbocycles. The van der Waals surface area contributed by atoms with Crippen LogP contribution in [0.2, 0.25) is 0 Å². The number of carbonyl (C=O) groups excluding carboxylic acids is 1. The number of hydrogen-bond acceptors (Lipinski definition) is 3. The van der Waals surface area contributed by atoms with Gasteiger partial charge in [0.2, 0.25) is 5.91 Å². The average molecular weight is 306 g/mol. The number of anilines is 1. The number of rotatable bonds is 2. The molecule has 2 aliphatic heterocycles. The van der Waals surface area contributed by atoms with Crippen LogP contribution in [0.5, 0.6) is 0 Å². The Bertz CT molecular complexity index is 534. The van der Waals surface area contributed by atoms with Gasteiger partial charge in [-0.2, -0.15) is 0 Å². The van der Waals surface area contributed by atoms with Gasteiger partial charge in [0.05, 0.1) is 6.04 Å². The lowest BCUT2D eigenvalue weighted by Crippen LogP contribution is -2.55. The first-order valence-electron chi connectivity index (χ1n) is 7.62. The highest BCUT2D eigenvalue weighted by molar-refractivity contribution is 7.85. The van der Waals surface area contributed by atoms with E-state index in [0.717, 1.165) is 38.2 Å². The Morgan fingerprint density at radius 2 is 1.76 bits per heavy atom. The lowest BCUT2D eigenvalue weighted by molar-refractivity contribution is -0.125. The van der Waals surface area contributed by atoms with Crippen LogP contribution in [0.3, 0.4) is 0 Å². The molecule has 2 fully saturated rings. The molecular formula is C16H22N2O2S. The zero-order valence-electron chi connectivity index (χ0n) is 12.5. The predicted molar refractivity (Wildman–Crippen MR) is 86.0 cm³/mol. The van der Waals surface area contributed by atoms with Crippen molar-refractivity contribution in [1.82, 2.24) is 4.90 Å². The second kappa shape index (κ2) is 6.28. The molecule has 0 spiro atoms. The molecule has 2 aliphatic rings. The fraction of sp³-hybridized carbons (Fsp3) is 0.562. The quantitative estimate of drug-likeness (QED) is 0.832. The molecule has 2 saturated heterocycles. The summed E-state index contributed by atoms with van der Waals surface area (Å²) in [4.78, 5) is 16.9. The van der Waals surface area contributed by atoms with Crippen molar-refractivity contribution >= 4 is 22.4 Å². The molecule has 2 heterocycles. The number of amides is 1. The normalized spacial score (nSPS) is 25.3. The third kappa shape index (κ3) is 3.19. The highest BCUT2D eigenvalue weighted by Crippen LogP contribution is 2.24. The predicted octanol–water partition coefficient (Wildman–Crippen LogP) is 1.55. The Labute approximate surface area is 128 Å². The number of piperidine rings is 1. The lowest BCUT2D eigenvalue weighted by atomic mass is 10.0. The van der Waals surface area contributed by atoms with E-state index in [1.165, 1.54) is 5.56 Å². The van der Waals surface area contributed by atoms with Crippen molar-refractivity contribution in [2.45, 2.75) is 25.8 Å². The molecule has 0 aromatic heterocycles. The standard InChI is InChI=1S/C16H22N2O2S/c1-13-4-6-14(7-5-13)18-8-2-3-15(16(18)19)17-9-11-21(20)12-10-17/h4-7,15H,2-3,8-12H2,1H3/t15-/m0/s1. The van der Waals surface area contributed by atoms with E-state index in [1.54, 1.807) is 0 Å². The Hall–Kier alpha value is -1.20. The molecule has 21 heavy (non-hydrogen) atoms. The van der Waals surface area contributed by atoms with Crippen molar-refractivity contribution in [3.05, 3.63) is 29.8 Å². The van der Waals surface area contributed by atoms with Crippen LogP contribution in [0.4, 0.5) is 5.69 Å². The molecule has 0 unspecified atom stereocenters. The van der Waals surface area contributed by atoms with E-state index in [1.807, 2.05) is 17.0 Å². The Kier molecular flexibility index (Phi) is 4.40. The molecule has 1 aromatic rings. The van der Waals surface area contributed by atoms with E-state index in [0.29, 0.717) is 11.5 Å². The fourth-order valence-electron chi connectivity index (χ4n) is 3.14. The van der Waals surface area contributed by atoms with Crippen LogP contribution < -0.4 is 4.90 Å². The van der Waals surface area contributed by atoms with Crippen molar-refractivity contribution in [2.24, 2.45) is 0 Å². The van der Waals surface area contributed by atoms with Gasteiger partial charge in [0.15, 0.2) is 0 Å². The first-order valence-corrected chi connectivity index (χ1v) is 9.11. The molecule has 1 amide bonds. The maximum atomic E-state index is 12.8. The minimum atomic E-state index is -0.691. The van der Waals surface area contributed by atoms with Gasteiger partial charge in [-0.3, -0.25) is 13.9 Å². The number of aryl methyl sites for hydroxylation is 1. The number of benzene rings is 1. The summed E-state index contributed by atoms with van der Waals surface area (Å²) in [6.07, 6.45) is 1.96. The van der Waals surface area contributed by atoms with Crippen molar-refractivity contribution in [2.75, 3.05) is 36.0 Å². The highest BCUT2D eigenvalue weighted by Gasteiger charge is 2.35. The van der Waals surface area contributed by atoms with E-state index in [4.69, 9.17) is 0 Å². The van der Waals surface area contributed by atoms with Crippen LogP contribution in [-0.4, -0.2) is 52.2 Å². The van der Waals surface area contributed by atoms with E-state index in [-0.39, 0.29) is 11.9 Å². The summed E-state index contributed by atoms with van der Waals surface area (Å²) in [6, 6.07) is 8.13. The molecule has 1 atom stereocenters. The van der Waals surface area contributed by atoms with Crippen molar-refractivity contribution < 1.29 is 9.00 Å². The third-order valence-corrected chi connectivity index (χ3v) is 5.68. The first kappa shape index (κ1) is 14.7. The van der Waals surface area contributed by atoms with Crippen LogP contribution >= 0.6 is 0 Å². The minimum Gasteiger partial charge on any atom is -0.311 e. The molecule has 0 aliphatic carbocycles. The van der Waals surface area contributed by atoms with Gasteiger partial charge in [-0.25, -0.2) is 0 Å². The van der Waals surface area contributed by atoms with Crippen molar-refractivity contribution in [3.8, 4) is 0 Å². The average Bonchev–Trinajstić information content (AvgIpc) is 2.50. The summed E-state index contributed by atoms with van der Waals surface area (Å²) in [5.41, 5.74) is 2.20. The zero-order chi connectivity index (χ0) is 14.8. The van der Waals surface area contributed by atoms with Gasteiger partial charge in [-0.1, -0.05) is 17.7 Å². The highest BCUT2D eigenvalue weighted by atomic mass is 32.2. The van der Waals surface area contributed by atoms with Crippen LogP contribution in [0.15, 0.2) is 24.3 Å². The van der Waals surface area contributed by atoms with Gasteiger partial charge < -0.3 is 4.90 Å². The first-order chi connectivity index (χ1) is 10.1. The summed E-state index contributed by atoms with van der Waals surface area (Å²) in [6.45, 7) is 4.42. The van der Waals surface area contributed by atoms with Gasteiger partial charge in [-0.15, -0.1) is 0 Å². The SMILES string of the molecule is Cc1ccc(N2CCC[C@H](N3CCS(=O)CC3)C2=O)cc1. The summed E-state index contributed by atoms with van der Waals surface area (Å²) >= 11 is 0. The summed E-state index contributed by atoms with van der Waals surface area (Å²) in [5.74, 6) is 1.61. The molecule has 5 heteroatoms. The largest absolute Gasteiger partial charge is 0.311 e. The maximum Gasteiger partial charge on any atom is 0.244 e. The Morgan fingerprint density at radius 3 is 2.43 bits per heavy atom. The number of nitrogens with zero attached hydrogens (tertiary/aromatic N) is 2. The van der Waals surface area contributed by atoms with E-state index >= 15 is 0 Å². The molecule has 0 bridgehead atoms. The minimum absolute atomic E-state index is 0.0302. The van der Waals surface area contributed by atoms with Gasteiger partial charge in [0.25, 0.3) is 0 Å². The molecule has 114 valence electrons. The Balaban J connectivity index is 1.74. The maximum absolute atomic E-state index is 12.8. The molecule has 0 N–H and O–H groups in total. The van der Waals surface area contributed by atoms with Crippen molar-refractivity contribution in [1.29, 1.82) is 0 Å². The number of carbonyl (C=O) groups is 1. The van der Waals surface area contributed by atoms with Crippen LogP contribution in [-0.2, 0) is 15.6 Å². The van der Waals surface area contributed by atoms with Crippen LogP contribution in [0, 0.1) is 6.92 Å². The molecule has 0 radical (unpaired) electrons. The smallest absolute Gasteiger partial charge is 0.244 e. The number of hydrogen-bond donors (Lipinski definition) is 0. The second-order valence-corrected chi connectivity index (χ2v) is 7.56. The summed E-state index contributed by atoms with van der Waals surface area (Å²) < 4.78 is 11.5. The van der Waals surface area contributed by atoms with E-state index < -0.39 is 10.8 Å². The topological polar surface area (TPSA) is 40.6 Å². The van der Waals surface area contributed by atoms with Gasteiger partial charge in [0, 0.05) is 47.6 Å². The monoisotopic (exact) mass is 306 g/mol. The van der Waals surface area contributed by atoms with Gasteiger partial charge in [-0.05, 0) is 31.9 Å². The molecule has 0 saturated carbocycles. The molecule has 3 rings (SSSR count). The second-order valence-electron chi connectivity index (χ2n) is 5.87. The van der Waals surface area contributed by atoms with Crippen LogP contribution in [0.1, 0.15) is 18.4 Å². The van der Waals surface area contributed by atoms with Gasteiger partial charge >= 0.3 is 0 Å². The summed E-state index contributed by atoms with van der Waals surface area (Å²) in [7, 11) is -0.691. The van der Waals surface area contributed by atoms with Crippen LogP contribution in [0.25, 0.3) is 0 Å². The lowest BCUT2D eigenvalue weighted by Gasteiger charge is -2.39. The Morgan fingerprint density at radius 1 is 1.10 bits per heavy atom. The molecular weight excluding hydrogens is 284 g/mol. The third-order valence-electron chi connectivity index (χ3n) is 4.41. The van der Waals surface area contributed by atoms with E-state index in [2.05, 4.69) is 24.0 Å². The molecule has 4 nitrogen and oxygen atoms in total.